The molecule has 5 nitrogen and oxygen atoms in total. The van der Waals surface area contributed by atoms with Gasteiger partial charge in [0.15, 0.2) is 15.5 Å². The zero-order valence-electron chi connectivity index (χ0n) is 12.9. The normalized spacial score (nSPS) is 14.6. The summed E-state index contributed by atoms with van der Waals surface area (Å²) in [5.74, 6) is 0.640. The number of imidazole rings is 1. The molecule has 116 valence electrons. The predicted octanol–water partition coefficient (Wildman–Crippen LogP) is 2.86. The highest BCUT2D eigenvalue weighted by Gasteiger charge is 2.33. The van der Waals surface area contributed by atoms with Crippen molar-refractivity contribution in [2.45, 2.75) is 44.4 Å². The van der Waals surface area contributed by atoms with Crippen LogP contribution in [0, 0.1) is 6.92 Å². The van der Waals surface area contributed by atoms with Crippen LogP contribution < -0.4 is 0 Å². The summed E-state index contributed by atoms with van der Waals surface area (Å²) in [6.45, 7) is 7.43. The van der Waals surface area contributed by atoms with Gasteiger partial charge in [0.2, 0.25) is 0 Å². The topological polar surface area (TPSA) is 64.8 Å². The molecule has 0 saturated heterocycles. The summed E-state index contributed by atoms with van der Waals surface area (Å²) in [7, 11) is -3.22. The molecular weight excluding hydrogens is 310 g/mol. The van der Waals surface area contributed by atoms with Crippen LogP contribution in [0.15, 0.2) is 12.3 Å². The molecule has 0 bridgehead atoms. The fraction of sp³-hybridized carbons (Fsp3) is 0.571. The van der Waals surface area contributed by atoms with E-state index in [0.717, 1.165) is 11.1 Å². The van der Waals surface area contributed by atoms with Gasteiger partial charge in [0, 0.05) is 19.0 Å². The maximum Gasteiger partial charge on any atom is 0.160 e. The first-order valence-corrected chi connectivity index (χ1v) is 9.02. The Balaban J connectivity index is 2.64. The van der Waals surface area contributed by atoms with Crippen LogP contribution in [0.5, 0.6) is 0 Å². The fourth-order valence-corrected chi connectivity index (χ4v) is 2.62. The minimum absolute atomic E-state index is 0.269. The highest BCUT2D eigenvalue weighted by molar-refractivity contribution is 7.92. The second-order valence-corrected chi connectivity index (χ2v) is 9.36. The molecule has 21 heavy (non-hydrogen) atoms. The van der Waals surface area contributed by atoms with Gasteiger partial charge in [-0.25, -0.2) is 18.4 Å². The van der Waals surface area contributed by atoms with Crippen LogP contribution in [0.25, 0.3) is 11.2 Å². The molecule has 2 aromatic rings. The summed E-state index contributed by atoms with van der Waals surface area (Å²) < 4.78 is 24.8. The molecule has 0 spiro atoms. The lowest BCUT2D eigenvalue weighted by Crippen LogP contribution is -2.36. The third-order valence-corrected chi connectivity index (χ3v) is 5.98. The first-order chi connectivity index (χ1) is 9.53. The monoisotopic (exact) mass is 329 g/mol. The van der Waals surface area contributed by atoms with Crippen molar-refractivity contribution in [3.05, 3.63) is 23.7 Å². The van der Waals surface area contributed by atoms with Crippen molar-refractivity contribution in [1.29, 1.82) is 0 Å². The van der Waals surface area contributed by atoms with E-state index in [4.69, 9.17) is 11.6 Å². The largest absolute Gasteiger partial charge is 0.310 e. The van der Waals surface area contributed by atoms with Crippen LogP contribution in [-0.4, -0.2) is 34.0 Å². The molecule has 1 atom stereocenters. The molecule has 2 aromatic heterocycles. The zero-order chi connectivity index (χ0) is 16.0. The Labute approximate surface area is 130 Å². The van der Waals surface area contributed by atoms with Gasteiger partial charge in [-0.3, -0.25) is 0 Å². The van der Waals surface area contributed by atoms with E-state index in [2.05, 4.69) is 9.97 Å². The summed E-state index contributed by atoms with van der Waals surface area (Å²) in [5, 5.41) is -0.324. The molecule has 1 unspecified atom stereocenters. The van der Waals surface area contributed by atoms with Crippen molar-refractivity contribution in [2.75, 3.05) is 6.26 Å². The van der Waals surface area contributed by atoms with Gasteiger partial charge in [-0.2, -0.15) is 0 Å². The van der Waals surface area contributed by atoms with Crippen molar-refractivity contribution in [3.8, 4) is 0 Å². The number of fused-ring (bicyclic) bond motifs is 1. The number of alkyl halides is 1. The highest BCUT2D eigenvalue weighted by atomic mass is 35.5. The molecule has 7 heteroatoms. The Hall–Kier alpha value is -1.14. The molecule has 0 aliphatic rings. The molecule has 0 fully saturated rings. The third-order valence-electron chi connectivity index (χ3n) is 3.65. The lowest BCUT2D eigenvalue weighted by atomic mass is 10.2. The molecule has 0 aromatic carbocycles. The lowest BCUT2D eigenvalue weighted by Gasteiger charge is -2.24. The molecule has 0 radical (unpaired) electrons. The number of halogens is 1. The smallest absolute Gasteiger partial charge is 0.160 e. The predicted molar refractivity (Wildman–Crippen MR) is 85.5 cm³/mol. The standard InChI is InChI=1S/C14H20ClN3O2S/c1-9-6-11-13(16-7-9)18(12(17-11)10(2)15)8-14(3,4)21(5,19)20/h6-7,10H,8H2,1-5H3. The second kappa shape index (κ2) is 5.25. The van der Waals surface area contributed by atoms with Crippen molar-refractivity contribution in [3.63, 3.8) is 0 Å². The van der Waals surface area contributed by atoms with Gasteiger partial charge in [0.1, 0.15) is 11.3 Å². The first kappa shape index (κ1) is 16.2. The first-order valence-electron chi connectivity index (χ1n) is 6.69. The minimum atomic E-state index is -3.22. The maximum atomic E-state index is 12.0. The number of nitrogens with zero attached hydrogens (tertiary/aromatic N) is 3. The maximum absolute atomic E-state index is 12.0. The van der Waals surface area contributed by atoms with Gasteiger partial charge >= 0.3 is 0 Å². The van der Waals surface area contributed by atoms with Crippen molar-refractivity contribution in [1.82, 2.24) is 14.5 Å². The van der Waals surface area contributed by atoms with E-state index in [9.17, 15) is 8.42 Å². The number of hydrogen-bond acceptors (Lipinski definition) is 4. The number of rotatable bonds is 4. The Morgan fingerprint density at radius 1 is 1.43 bits per heavy atom. The summed E-state index contributed by atoms with van der Waals surface area (Å²) >= 11 is 6.20. The molecule has 0 amide bonds. The third kappa shape index (κ3) is 3.06. The van der Waals surface area contributed by atoms with Crippen LogP contribution in [0.4, 0.5) is 0 Å². The number of aromatic nitrogens is 3. The molecular formula is C14H20ClN3O2S. The Bertz CT molecular complexity index is 779. The van der Waals surface area contributed by atoms with Gasteiger partial charge < -0.3 is 4.57 Å². The summed E-state index contributed by atoms with van der Waals surface area (Å²) in [6.07, 6.45) is 2.99. The molecule has 0 aliphatic carbocycles. The quantitative estimate of drug-likeness (QED) is 0.809. The number of hydrogen-bond donors (Lipinski definition) is 0. The van der Waals surface area contributed by atoms with Crippen molar-refractivity contribution in [2.24, 2.45) is 0 Å². The Morgan fingerprint density at radius 3 is 2.57 bits per heavy atom. The number of pyridine rings is 1. The van der Waals surface area contributed by atoms with E-state index in [-0.39, 0.29) is 11.9 Å². The van der Waals surface area contributed by atoms with Crippen LogP contribution in [-0.2, 0) is 16.4 Å². The lowest BCUT2D eigenvalue weighted by molar-refractivity contribution is 0.498. The summed E-state index contributed by atoms with van der Waals surface area (Å²) in [4.78, 5) is 8.91. The van der Waals surface area contributed by atoms with Gasteiger partial charge in [-0.05, 0) is 39.3 Å². The van der Waals surface area contributed by atoms with Gasteiger partial charge in [-0.1, -0.05) is 0 Å². The SMILES string of the molecule is Cc1cnc2c(c1)nc(C(C)Cl)n2CC(C)(C)S(C)(=O)=O. The van der Waals surface area contributed by atoms with E-state index < -0.39 is 14.6 Å². The van der Waals surface area contributed by atoms with E-state index in [1.165, 1.54) is 6.26 Å². The van der Waals surface area contributed by atoms with Gasteiger partial charge in [-0.15, -0.1) is 11.6 Å². The molecule has 2 heterocycles. The molecule has 0 N–H and O–H groups in total. The average Bonchev–Trinajstić information content (AvgIpc) is 2.65. The van der Waals surface area contributed by atoms with Crippen LogP contribution in [0.1, 0.15) is 37.5 Å². The Kier molecular flexibility index (Phi) is 4.06. The number of sulfone groups is 1. The zero-order valence-corrected chi connectivity index (χ0v) is 14.5. The van der Waals surface area contributed by atoms with Crippen LogP contribution >= 0.6 is 11.6 Å². The molecule has 2 rings (SSSR count). The Morgan fingerprint density at radius 2 is 2.05 bits per heavy atom. The van der Waals surface area contributed by atoms with Crippen LogP contribution in [0.3, 0.4) is 0 Å². The van der Waals surface area contributed by atoms with Crippen LogP contribution in [0.2, 0.25) is 0 Å². The van der Waals surface area contributed by atoms with E-state index in [1.54, 1.807) is 20.0 Å². The summed E-state index contributed by atoms with van der Waals surface area (Å²) in [5.41, 5.74) is 2.41. The second-order valence-electron chi connectivity index (χ2n) is 6.06. The number of aryl methyl sites for hydroxylation is 1. The van der Waals surface area contributed by atoms with Crippen molar-refractivity contribution < 1.29 is 8.42 Å². The minimum Gasteiger partial charge on any atom is -0.310 e. The van der Waals surface area contributed by atoms with Crippen molar-refractivity contribution >= 4 is 32.6 Å². The summed E-state index contributed by atoms with van der Waals surface area (Å²) in [6, 6.07) is 1.93. The highest BCUT2D eigenvalue weighted by Crippen LogP contribution is 2.27. The molecule has 0 aliphatic heterocycles. The van der Waals surface area contributed by atoms with Gasteiger partial charge in [0.05, 0.1) is 10.1 Å². The fourth-order valence-electron chi connectivity index (χ4n) is 2.09. The average molecular weight is 330 g/mol. The van der Waals surface area contributed by atoms with E-state index >= 15 is 0 Å². The van der Waals surface area contributed by atoms with E-state index in [1.807, 2.05) is 24.5 Å². The van der Waals surface area contributed by atoms with E-state index in [0.29, 0.717) is 11.5 Å². The molecule has 0 saturated carbocycles. The van der Waals surface area contributed by atoms with Gasteiger partial charge in [0.25, 0.3) is 0 Å².